The first kappa shape index (κ1) is 24.3. The molecule has 1 saturated heterocycles. The Hall–Kier alpha value is -1.98. The van der Waals surface area contributed by atoms with Crippen molar-refractivity contribution in [1.82, 2.24) is 15.5 Å². The molecule has 0 spiro atoms. The molecule has 0 unspecified atom stereocenters. The first-order valence-corrected chi connectivity index (χ1v) is 8.60. The number of hydrogen-bond donors (Lipinski definition) is 2. The van der Waals surface area contributed by atoms with Gasteiger partial charge in [-0.1, -0.05) is 39.8 Å². The summed E-state index contributed by atoms with van der Waals surface area (Å²) in [6, 6.07) is 0. The molecule has 140 valence electrons. The van der Waals surface area contributed by atoms with Gasteiger partial charge in [0, 0.05) is 18.8 Å². The van der Waals surface area contributed by atoms with Crippen LogP contribution in [0.25, 0.3) is 0 Å². The molecule has 1 rings (SSSR count). The molecule has 6 heteroatoms. The molecule has 2 N–H and O–H groups in total. The Morgan fingerprint density at radius 1 is 1.21 bits per heavy atom. The first-order chi connectivity index (χ1) is 11.5. The molecule has 1 aliphatic heterocycles. The van der Waals surface area contributed by atoms with Gasteiger partial charge >= 0.3 is 6.09 Å². The molecule has 6 nitrogen and oxygen atoms in total. The van der Waals surface area contributed by atoms with Gasteiger partial charge in [-0.05, 0) is 32.4 Å². The maximum absolute atomic E-state index is 11.3. The molecule has 1 fully saturated rings. The van der Waals surface area contributed by atoms with Crippen LogP contribution in [0.5, 0.6) is 0 Å². The van der Waals surface area contributed by atoms with Crippen molar-refractivity contribution < 1.29 is 14.3 Å². The molecule has 1 heterocycles. The summed E-state index contributed by atoms with van der Waals surface area (Å²) in [4.78, 5) is 23.7. The first-order valence-electron chi connectivity index (χ1n) is 8.60. The number of carbonyl (C=O) groups excluding carboxylic acids is 2. The van der Waals surface area contributed by atoms with Crippen LogP contribution in [0, 0.1) is 0 Å². The van der Waals surface area contributed by atoms with E-state index in [1.807, 2.05) is 6.92 Å². The van der Waals surface area contributed by atoms with Crippen LogP contribution in [0.3, 0.4) is 0 Å². The van der Waals surface area contributed by atoms with Crippen molar-refractivity contribution in [2.75, 3.05) is 26.7 Å². The lowest BCUT2D eigenvalue weighted by molar-refractivity contribution is -0.129. The van der Waals surface area contributed by atoms with Gasteiger partial charge in [0.05, 0.1) is 7.11 Å². The zero-order valence-electron chi connectivity index (χ0n) is 16.0. The molecule has 0 radical (unpaired) electrons. The summed E-state index contributed by atoms with van der Waals surface area (Å²) < 4.78 is 4.34. The third-order valence-corrected chi connectivity index (χ3v) is 2.87. The van der Waals surface area contributed by atoms with Crippen LogP contribution in [-0.2, 0) is 9.53 Å². The van der Waals surface area contributed by atoms with Crippen LogP contribution >= 0.6 is 0 Å². The third kappa shape index (κ3) is 14.9. The molecule has 24 heavy (non-hydrogen) atoms. The Labute approximate surface area is 147 Å². The topological polar surface area (TPSA) is 70.7 Å². The summed E-state index contributed by atoms with van der Waals surface area (Å²) >= 11 is 0. The van der Waals surface area contributed by atoms with Crippen molar-refractivity contribution in [3.63, 3.8) is 0 Å². The number of alkyl carbamates (subject to hydrolysis) is 1. The van der Waals surface area contributed by atoms with E-state index in [-0.39, 0.29) is 12.5 Å². The molecule has 1 aliphatic rings. The van der Waals surface area contributed by atoms with E-state index in [0.717, 1.165) is 32.4 Å². The SMILES string of the molecule is C=CN/C(C)=C\CC.CCC.COC(=O)NCC(=O)N1CCCC1. The fourth-order valence-corrected chi connectivity index (χ4v) is 1.82. The maximum atomic E-state index is 11.3. The van der Waals surface area contributed by atoms with E-state index in [1.54, 1.807) is 11.1 Å². The Bertz CT molecular complexity index is 376. The smallest absolute Gasteiger partial charge is 0.407 e. The van der Waals surface area contributed by atoms with Gasteiger partial charge in [0.1, 0.15) is 6.54 Å². The number of methoxy groups -OCH3 is 1. The maximum Gasteiger partial charge on any atom is 0.407 e. The van der Waals surface area contributed by atoms with Gasteiger partial charge in [-0.25, -0.2) is 4.79 Å². The van der Waals surface area contributed by atoms with Gasteiger partial charge in [0.2, 0.25) is 5.91 Å². The van der Waals surface area contributed by atoms with E-state index in [1.165, 1.54) is 19.2 Å². The summed E-state index contributed by atoms with van der Waals surface area (Å²) in [5, 5.41) is 5.33. The second-order valence-corrected chi connectivity index (χ2v) is 5.28. The molecule has 2 amide bonds. The summed E-state index contributed by atoms with van der Waals surface area (Å²) in [5.74, 6) is -0.0390. The number of likely N-dealkylation sites (tertiary alicyclic amines) is 1. The summed E-state index contributed by atoms with van der Waals surface area (Å²) in [6.45, 7) is 13.6. The van der Waals surface area contributed by atoms with E-state index in [0.29, 0.717) is 0 Å². The van der Waals surface area contributed by atoms with Crippen LogP contribution in [0.15, 0.2) is 24.6 Å². The summed E-state index contributed by atoms with van der Waals surface area (Å²) in [7, 11) is 1.27. The number of nitrogens with one attached hydrogen (secondary N) is 2. The Kier molecular flexibility index (Phi) is 17.6. The molecule has 0 bridgehead atoms. The zero-order valence-corrected chi connectivity index (χ0v) is 16.0. The average Bonchev–Trinajstić information content (AvgIpc) is 3.08. The molecule has 0 aromatic carbocycles. The lowest BCUT2D eigenvalue weighted by Gasteiger charge is -2.14. The standard InChI is InChI=1S/C8H14N2O3.C7H13N.C3H8/c1-13-8(12)9-6-7(11)10-4-2-3-5-10;1-4-6-7(3)8-5-2;1-3-2/h2-6H2,1H3,(H,9,12);5-6,8H,2,4H2,1,3H3;3H2,1-2H3/b;7-6-;. The highest BCUT2D eigenvalue weighted by Crippen LogP contribution is 2.06. The molecule has 0 aromatic heterocycles. The van der Waals surface area contributed by atoms with Crippen molar-refractivity contribution in [2.45, 2.75) is 53.4 Å². The van der Waals surface area contributed by atoms with Crippen molar-refractivity contribution in [1.29, 1.82) is 0 Å². The zero-order chi connectivity index (χ0) is 18.8. The largest absolute Gasteiger partial charge is 0.453 e. The van der Waals surface area contributed by atoms with Crippen LogP contribution in [0.4, 0.5) is 4.79 Å². The van der Waals surface area contributed by atoms with Gasteiger partial charge in [-0.15, -0.1) is 0 Å². The predicted molar refractivity (Wildman–Crippen MR) is 99.6 cm³/mol. The van der Waals surface area contributed by atoms with E-state index < -0.39 is 6.09 Å². The fraction of sp³-hybridized carbons (Fsp3) is 0.667. The van der Waals surface area contributed by atoms with Crippen molar-refractivity contribution in [3.8, 4) is 0 Å². The minimum absolute atomic E-state index is 0.0344. The Morgan fingerprint density at radius 3 is 2.17 bits per heavy atom. The highest BCUT2D eigenvalue weighted by Gasteiger charge is 2.17. The number of amides is 2. The average molecular weight is 341 g/mol. The monoisotopic (exact) mass is 341 g/mol. The molecular weight excluding hydrogens is 306 g/mol. The number of nitrogens with zero attached hydrogens (tertiary/aromatic N) is 1. The molecule has 0 aromatic rings. The predicted octanol–water partition coefficient (Wildman–Crippen LogP) is 3.41. The minimum atomic E-state index is -0.562. The summed E-state index contributed by atoms with van der Waals surface area (Å²) in [6.07, 6.45) is 7.68. The van der Waals surface area contributed by atoms with E-state index in [9.17, 15) is 9.59 Å². The third-order valence-electron chi connectivity index (χ3n) is 2.87. The Morgan fingerprint density at radius 2 is 1.75 bits per heavy atom. The number of rotatable bonds is 5. The highest BCUT2D eigenvalue weighted by molar-refractivity contribution is 5.82. The number of hydrogen-bond acceptors (Lipinski definition) is 4. The summed E-state index contributed by atoms with van der Waals surface area (Å²) in [5.41, 5.74) is 1.17. The van der Waals surface area contributed by atoms with Crippen LogP contribution in [0.1, 0.15) is 53.4 Å². The van der Waals surface area contributed by atoms with Gasteiger partial charge in [0.25, 0.3) is 0 Å². The van der Waals surface area contributed by atoms with Crippen molar-refractivity contribution >= 4 is 12.0 Å². The van der Waals surface area contributed by atoms with Crippen LogP contribution in [0.2, 0.25) is 0 Å². The van der Waals surface area contributed by atoms with Crippen LogP contribution < -0.4 is 10.6 Å². The Balaban J connectivity index is 0. The van der Waals surface area contributed by atoms with Crippen molar-refractivity contribution in [3.05, 3.63) is 24.6 Å². The van der Waals surface area contributed by atoms with Gasteiger partial charge in [-0.3, -0.25) is 4.79 Å². The second kappa shape index (κ2) is 17.4. The van der Waals surface area contributed by atoms with E-state index in [4.69, 9.17) is 0 Å². The lowest BCUT2D eigenvalue weighted by atomic mass is 10.4. The second-order valence-electron chi connectivity index (χ2n) is 5.28. The van der Waals surface area contributed by atoms with Crippen molar-refractivity contribution in [2.24, 2.45) is 0 Å². The number of ether oxygens (including phenoxy) is 1. The molecular formula is C18H35N3O3. The van der Waals surface area contributed by atoms with Gasteiger partial charge in [-0.2, -0.15) is 0 Å². The number of allylic oxidation sites excluding steroid dienone is 2. The van der Waals surface area contributed by atoms with Gasteiger partial charge < -0.3 is 20.3 Å². The van der Waals surface area contributed by atoms with E-state index >= 15 is 0 Å². The molecule has 0 atom stereocenters. The minimum Gasteiger partial charge on any atom is -0.453 e. The highest BCUT2D eigenvalue weighted by atomic mass is 16.5. The normalized spacial score (nSPS) is 12.9. The lowest BCUT2D eigenvalue weighted by Crippen LogP contribution is -2.38. The quantitative estimate of drug-likeness (QED) is 0.804. The fourth-order valence-electron chi connectivity index (χ4n) is 1.82. The van der Waals surface area contributed by atoms with Crippen LogP contribution in [-0.4, -0.2) is 43.6 Å². The van der Waals surface area contributed by atoms with Gasteiger partial charge in [0.15, 0.2) is 0 Å². The molecule has 0 saturated carbocycles. The van der Waals surface area contributed by atoms with E-state index in [2.05, 4.69) is 48.8 Å². The molecule has 0 aliphatic carbocycles. The number of carbonyl (C=O) groups is 2.